The van der Waals surface area contributed by atoms with Gasteiger partial charge in [-0.05, 0) is 38.5 Å². The first-order valence-corrected chi connectivity index (χ1v) is 6.86. The van der Waals surface area contributed by atoms with E-state index >= 15 is 0 Å². The van der Waals surface area contributed by atoms with E-state index in [1.54, 1.807) is 6.20 Å². The highest BCUT2D eigenvalue weighted by atomic mass is 16.3. The number of rotatable bonds is 0. The third kappa shape index (κ3) is 4.53. The van der Waals surface area contributed by atoms with Crippen LogP contribution in [0.15, 0.2) is 28.8 Å². The molecule has 0 amide bonds. The molecule has 0 atom stereocenters. The highest BCUT2D eigenvalue weighted by molar-refractivity contribution is 5.75. The SMILES string of the molecule is CC.Cc1ccc2nc(C)[nH]c2c1.Cc1cnc(C)o1.[HH]. The Bertz CT molecular complexity index is 642. The molecule has 2 aromatic heterocycles. The van der Waals surface area contributed by atoms with Crippen LogP contribution in [0, 0.1) is 27.7 Å². The van der Waals surface area contributed by atoms with Gasteiger partial charge in [0.05, 0.1) is 17.2 Å². The predicted molar refractivity (Wildman–Crippen MR) is 85.0 cm³/mol. The summed E-state index contributed by atoms with van der Waals surface area (Å²) in [5, 5.41) is 0. The van der Waals surface area contributed by atoms with Crippen LogP contribution in [0.4, 0.5) is 0 Å². The molecule has 0 bridgehead atoms. The number of fused-ring (bicyclic) bond motifs is 1. The molecular weight excluding hydrogens is 250 g/mol. The van der Waals surface area contributed by atoms with Gasteiger partial charge in [-0.2, -0.15) is 0 Å². The summed E-state index contributed by atoms with van der Waals surface area (Å²) in [4.78, 5) is 11.3. The Balaban J connectivity index is 0.000000351. The van der Waals surface area contributed by atoms with Crippen LogP contribution in [0.3, 0.4) is 0 Å². The number of H-pyrrole nitrogens is 1. The predicted octanol–water partition coefficient (Wildman–Crippen LogP) is 4.74. The first kappa shape index (κ1) is 16.0. The van der Waals surface area contributed by atoms with Crippen molar-refractivity contribution in [3.63, 3.8) is 0 Å². The lowest BCUT2D eigenvalue weighted by molar-refractivity contribution is 0.494. The van der Waals surface area contributed by atoms with Crippen molar-refractivity contribution in [1.82, 2.24) is 15.0 Å². The van der Waals surface area contributed by atoms with E-state index in [-0.39, 0.29) is 1.43 Å². The Morgan fingerprint density at radius 1 is 1.10 bits per heavy atom. The van der Waals surface area contributed by atoms with Crippen molar-refractivity contribution >= 4 is 11.0 Å². The largest absolute Gasteiger partial charge is 0.446 e. The minimum Gasteiger partial charge on any atom is -0.446 e. The smallest absolute Gasteiger partial charge is 0.191 e. The molecule has 0 aliphatic heterocycles. The molecule has 0 unspecified atom stereocenters. The van der Waals surface area contributed by atoms with E-state index in [0.717, 1.165) is 28.5 Å². The molecule has 0 aliphatic rings. The molecule has 0 spiro atoms. The number of benzene rings is 1. The lowest BCUT2D eigenvalue weighted by Crippen LogP contribution is -1.71. The van der Waals surface area contributed by atoms with E-state index in [1.165, 1.54) is 5.56 Å². The Kier molecular flexibility index (Phi) is 5.97. The Labute approximate surface area is 121 Å². The van der Waals surface area contributed by atoms with E-state index in [9.17, 15) is 0 Å². The molecule has 20 heavy (non-hydrogen) atoms. The maximum atomic E-state index is 4.97. The number of hydrogen-bond donors (Lipinski definition) is 1. The van der Waals surface area contributed by atoms with Crippen molar-refractivity contribution in [2.45, 2.75) is 41.5 Å². The zero-order chi connectivity index (χ0) is 15.1. The second-order valence-electron chi connectivity index (χ2n) is 4.33. The van der Waals surface area contributed by atoms with Gasteiger partial charge in [-0.3, -0.25) is 0 Å². The van der Waals surface area contributed by atoms with Crippen molar-refractivity contribution < 1.29 is 5.84 Å². The molecule has 3 aromatic rings. The number of nitrogens with zero attached hydrogens (tertiary/aromatic N) is 2. The molecule has 110 valence electrons. The molecule has 2 heterocycles. The molecule has 0 saturated carbocycles. The molecule has 3 rings (SSSR count). The van der Waals surface area contributed by atoms with Crippen LogP contribution >= 0.6 is 0 Å². The van der Waals surface area contributed by atoms with Crippen molar-refractivity contribution in [3.05, 3.63) is 47.4 Å². The summed E-state index contributed by atoms with van der Waals surface area (Å²) >= 11 is 0. The van der Waals surface area contributed by atoms with Crippen LogP contribution in [0.2, 0.25) is 0 Å². The first-order valence-electron chi connectivity index (χ1n) is 6.86. The van der Waals surface area contributed by atoms with Crippen LogP contribution < -0.4 is 0 Å². The van der Waals surface area contributed by atoms with Crippen LogP contribution in [-0.4, -0.2) is 15.0 Å². The van der Waals surface area contributed by atoms with Gasteiger partial charge in [-0.25, -0.2) is 9.97 Å². The van der Waals surface area contributed by atoms with Gasteiger partial charge in [0.25, 0.3) is 0 Å². The van der Waals surface area contributed by atoms with E-state index in [2.05, 4.69) is 34.0 Å². The van der Waals surface area contributed by atoms with E-state index < -0.39 is 0 Å². The quantitative estimate of drug-likeness (QED) is 0.644. The molecule has 0 fully saturated rings. The fourth-order valence-electron chi connectivity index (χ4n) is 1.72. The number of hydrogen-bond acceptors (Lipinski definition) is 3. The van der Waals surface area contributed by atoms with Crippen molar-refractivity contribution in [1.29, 1.82) is 0 Å². The topological polar surface area (TPSA) is 54.7 Å². The number of aromatic amines is 1. The number of aryl methyl sites for hydroxylation is 4. The number of aromatic nitrogens is 3. The third-order valence-electron chi connectivity index (χ3n) is 2.49. The third-order valence-corrected chi connectivity index (χ3v) is 2.49. The highest BCUT2D eigenvalue weighted by Gasteiger charge is 1.96. The first-order chi connectivity index (χ1) is 9.54. The molecule has 4 heteroatoms. The lowest BCUT2D eigenvalue weighted by atomic mass is 10.2. The second-order valence-corrected chi connectivity index (χ2v) is 4.33. The summed E-state index contributed by atoms with van der Waals surface area (Å²) in [6, 6.07) is 6.21. The summed E-state index contributed by atoms with van der Waals surface area (Å²) in [7, 11) is 0. The second kappa shape index (κ2) is 7.48. The molecule has 0 radical (unpaired) electrons. The maximum absolute atomic E-state index is 4.97. The van der Waals surface area contributed by atoms with Crippen LogP contribution in [-0.2, 0) is 0 Å². The Morgan fingerprint density at radius 2 is 1.80 bits per heavy atom. The molecule has 0 saturated heterocycles. The molecule has 1 aromatic carbocycles. The van der Waals surface area contributed by atoms with Crippen LogP contribution in [0.25, 0.3) is 11.0 Å². The minimum atomic E-state index is 0. The summed E-state index contributed by atoms with van der Waals surface area (Å²) in [5.41, 5.74) is 3.44. The van der Waals surface area contributed by atoms with Gasteiger partial charge >= 0.3 is 0 Å². The molecule has 4 nitrogen and oxygen atoms in total. The zero-order valence-corrected chi connectivity index (χ0v) is 13.1. The zero-order valence-electron chi connectivity index (χ0n) is 13.1. The fourth-order valence-corrected chi connectivity index (χ4v) is 1.72. The fraction of sp³-hybridized carbons (Fsp3) is 0.375. The van der Waals surface area contributed by atoms with Gasteiger partial charge in [0, 0.05) is 8.35 Å². The standard InChI is InChI=1S/C9H10N2.C5H7NO.C2H6.H2/c1-6-3-4-8-9(5-6)11-7(2)10-8;1-4-3-6-5(2)7-4;1-2;/h3-5H,1-2H3,(H,10,11);3H,1-2H3;1-2H3;1H. The number of nitrogens with one attached hydrogen (secondary N) is 1. The van der Waals surface area contributed by atoms with Gasteiger partial charge in [-0.1, -0.05) is 19.9 Å². The molecule has 1 N–H and O–H groups in total. The monoisotopic (exact) mass is 275 g/mol. The summed E-state index contributed by atoms with van der Waals surface area (Å²) < 4.78 is 4.97. The van der Waals surface area contributed by atoms with Gasteiger partial charge in [0.1, 0.15) is 11.6 Å². The van der Waals surface area contributed by atoms with Crippen molar-refractivity contribution in [2.24, 2.45) is 0 Å². The highest BCUT2D eigenvalue weighted by Crippen LogP contribution is 2.12. The van der Waals surface area contributed by atoms with Crippen molar-refractivity contribution in [2.75, 3.05) is 0 Å². The Hall–Kier alpha value is -2.10. The maximum Gasteiger partial charge on any atom is 0.191 e. The Morgan fingerprint density at radius 3 is 2.30 bits per heavy atom. The number of oxazole rings is 1. The van der Waals surface area contributed by atoms with E-state index in [4.69, 9.17) is 4.42 Å². The number of imidazole rings is 1. The lowest BCUT2D eigenvalue weighted by Gasteiger charge is -1.89. The molecular formula is C16H25N3O. The van der Waals surface area contributed by atoms with Crippen LogP contribution in [0.5, 0.6) is 0 Å². The van der Waals surface area contributed by atoms with Crippen LogP contribution in [0.1, 0.15) is 38.3 Å². The van der Waals surface area contributed by atoms with Crippen molar-refractivity contribution in [3.8, 4) is 0 Å². The normalized spacial score (nSPS) is 9.50. The van der Waals surface area contributed by atoms with Gasteiger partial charge < -0.3 is 9.40 Å². The van der Waals surface area contributed by atoms with E-state index in [1.807, 2.05) is 40.7 Å². The minimum absolute atomic E-state index is 0. The average Bonchev–Trinajstić information content (AvgIpc) is 2.96. The van der Waals surface area contributed by atoms with Gasteiger partial charge in [-0.15, -0.1) is 0 Å². The van der Waals surface area contributed by atoms with Gasteiger partial charge in [0.2, 0.25) is 0 Å². The summed E-state index contributed by atoms with van der Waals surface area (Å²) in [5.74, 6) is 2.58. The summed E-state index contributed by atoms with van der Waals surface area (Å²) in [6.07, 6.45) is 1.70. The van der Waals surface area contributed by atoms with Gasteiger partial charge in [0.15, 0.2) is 5.89 Å². The molecule has 0 aliphatic carbocycles. The average molecular weight is 275 g/mol. The summed E-state index contributed by atoms with van der Waals surface area (Å²) in [6.45, 7) is 11.7. The van der Waals surface area contributed by atoms with E-state index in [0.29, 0.717) is 0 Å².